The predicted octanol–water partition coefficient (Wildman–Crippen LogP) is 2.68. The minimum absolute atomic E-state index is 0.160. The van der Waals surface area contributed by atoms with Gasteiger partial charge in [-0.05, 0) is 24.2 Å². The molecule has 1 aromatic heterocycles. The predicted molar refractivity (Wildman–Crippen MR) is 77.8 cm³/mol. The molecule has 0 aliphatic heterocycles. The van der Waals surface area contributed by atoms with Crippen molar-refractivity contribution in [1.82, 2.24) is 15.3 Å². The van der Waals surface area contributed by atoms with E-state index in [0.29, 0.717) is 10.2 Å². The Labute approximate surface area is 120 Å². The van der Waals surface area contributed by atoms with Crippen LogP contribution >= 0.6 is 23.4 Å². The summed E-state index contributed by atoms with van der Waals surface area (Å²) in [7, 11) is 0. The van der Waals surface area contributed by atoms with Gasteiger partial charge in [-0.3, -0.25) is 4.79 Å². The van der Waals surface area contributed by atoms with Crippen LogP contribution in [0, 0.1) is 0 Å². The van der Waals surface area contributed by atoms with Gasteiger partial charge in [-0.1, -0.05) is 36.4 Å². The largest absolute Gasteiger partial charge is 0.313 e. The standard InChI is InChI=1S/C13H14ClN3OS/c1-2-15-8-9-3-4-10(7-11(9)14)19-13-16-6-5-12(18)17-13/h3-7,15H,2,8H2,1H3,(H,16,17,18). The molecule has 0 spiro atoms. The molecule has 0 atom stereocenters. The Hall–Kier alpha value is -1.30. The number of aromatic nitrogens is 2. The Balaban J connectivity index is 2.13. The molecule has 4 nitrogen and oxygen atoms in total. The minimum Gasteiger partial charge on any atom is -0.313 e. The Kier molecular flexibility index (Phi) is 5.01. The van der Waals surface area contributed by atoms with Crippen molar-refractivity contribution >= 4 is 23.4 Å². The molecule has 1 aromatic carbocycles. The zero-order valence-electron chi connectivity index (χ0n) is 10.4. The van der Waals surface area contributed by atoms with E-state index < -0.39 is 0 Å². The van der Waals surface area contributed by atoms with Crippen LogP contribution in [0.3, 0.4) is 0 Å². The van der Waals surface area contributed by atoms with Crippen molar-refractivity contribution in [3.05, 3.63) is 51.4 Å². The van der Waals surface area contributed by atoms with Gasteiger partial charge in [-0.25, -0.2) is 4.98 Å². The van der Waals surface area contributed by atoms with Crippen LogP contribution in [-0.4, -0.2) is 16.5 Å². The normalized spacial score (nSPS) is 10.6. The highest BCUT2D eigenvalue weighted by atomic mass is 35.5. The van der Waals surface area contributed by atoms with Crippen molar-refractivity contribution in [2.75, 3.05) is 6.54 Å². The van der Waals surface area contributed by atoms with Crippen LogP contribution in [0.2, 0.25) is 5.02 Å². The highest BCUT2D eigenvalue weighted by Crippen LogP contribution is 2.28. The third-order valence-electron chi connectivity index (χ3n) is 2.45. The second kappa shape index (κ2) is 6.75. The summed E-state index contributed by atoms with van der Waals surface area (Å²) in [6.07, 6.45) is 1.49. The number of aromatic amines is 1. The molecule has 0 unspecified atom stereocenters. The lowest BCUT2D eigenvalue weighted by Gasteiger charge is -2.07. The maximum Gasteiger partial charge on any atom is 0.251 e. The maximum absolute atomic E-state index is 11.2. The van der Waals surface area contributed by atoms with E-state index in [1.165, 1.54) is 24.0 Å². The second-order valence-corrected chi connectivity index (χ2v) is 5.34. The lowest BCUT2D eigenvalue weighted by molar-refractivity contribution is 0.726. The Morgan fingerprint density at radius 1 is 1.42 bits per heavy atom. The lowest BCUT2D eigenvalue weighted by Crippen LogP contribution is -2.11. The topological polar surface area (TPSA) is 57.8 Å². The molecule has 0 aliphatic rings. The summed E-state index contributed by atoms with van der Waals surface area (Å²) in [5, 5.41) is 4.50. The van der Waals surface area contributed by atoms with Gasteiger partial charge >= 0.3 is 0 Å². The van der Waals surface area contributed by atoms with Crippen molar-refractivity contribution in [3.63, 3.8) is 0 Å². The molecular weight excluding hydrogens is 282 g/mol. The summed E-state index contributed by atoms with van der Waals surface area (Å²) in [5.41, 5.74) is 0.898. The molecule has 1 heterocycles. The van der Waals surface area contributed by atoms with E-state index in [1.807, 2.05) is 18.2 Å². The number of rotatable bonds is 5. The highest BCUT2D eigenvalue weighted by Gasteiger charge is 2.04. The average molecular weight is 296 g/mol. The van der Waals surface area contributed by atoms with Crippen molar-refractivity contribution < 1.29 is 0 Å². The fourth-order valence-electron chi connectivity index (χ4n) is 1.51. The van der Waals surface area contributed by atoms with Crippen LogP contribution < -0.4 is 10.9 Å². The van der Waals surface area contributed by atoms with E-state index in [2.05, 4.69) is 22.2 Å². The van der Waals surface area contributed by atoms with Crippen LogP contribution in [0.15, 0.2) is 45.3 Å². The number of hydrogen-bond donors (Lipinski definition) is 2. The monoisotopic (exact) mass is 295 g/mol. The van der Waals surface area contributed by atoms with E-state index in [4.69, 9.17) is 11.6 Å². The van der Waals surface area contributed by atoms with Crippen molar-refractivity contribution in [3.8, 4) is 0 Å². The van der Waals surface area contributed by atoms with Crippen LogP contribution in [0.5, 0.6) is 0 Å². The number of hydrogen-bond acceptors (Lipinski definition) is 4. The fraction of sp³-hybridized carbons (Fsp3) is 0.231. The van der Waals surface area contributed by atoms with Crippen molar-refractivity contribution in [2.45, 2.75) is 23.5 Å². The smallest absolute Gasteiger partial charge is 0.251 e. The Morgan fingerprint density at radius 2 is 2.26 bits per heavy atom. The molecule has 0 bridgehead atoms. The summed E-state index contributed by atoms with van der Waals surface area (Å²) in [5.74, 6) is 0. The lowest BCUT2D eigenvalue weighted by atomic mass is 10.2. The van der Waals surface area contributed by atoms with Crippen LogP contribution in [0.25, 0.3) is 0 Å². The molecular formula is C13H14ClN3OS. The van der Waals surface area contributed by atoms with E-state index in [9.17, 15) is 4.79 Å². The van der Waals surface area contributed by atoms with E-state index in [1.54, 1.807) is 0 Å². The van der Waals surface area contributed by atoms with Crippen molar-refractivity contribution in [1.29, 1.82) is 0 Å². The first-order valence-corrected chi connectivity index (χ1v) is 7.11. The third-order valence-corrected chi connectivity index (χ3v) is 3.69. The summed E-state index contributed by atoms with van der Waals surface area (Å²) in [4.78, 5) is 18.9. The van der Waals surface area contributed by atoms with Crippen molar-refractivity contribution in [2.24, 2.45) is 0 Å². The Bertz CT molecular complexity index is 615. The minimum atomic E-state index is -0.160. The van der Waals surface area contributed by atoms with Gasteiger partial charge in [0.1, 0.15) is 0 Å². The van der Waals surface area contributed by atoms with Gasteiger partial charge in [0.2, 0.25) is 0 Å². The fourth-order valence-corrected chi connectivity index (χ4v) is 2.62. The van der Waals surface area contributed by atoms with Gasteiger partial charge in [-0.2, -0.15) is 0 Å². The van der Waals surface area contributed by atoms with Crippen LogP contribution in [0.1, 0.15) is 12.5 Å². The molecule has 0 saturated carbocycles. The third kappa shape index (κ3) is 4.09. The highest BCUT2D eigenvalue weighted by molar-refractivity contribution is 7.99. The maximum atomic E-state index is 11.2. The molecule has 0 amide bonds. The molecule has 0 radical (unpaired) electrons. The van der Waals surface area contributed by atoms with Crippen LogP contribution in [-0.2, 0) is 6.54 Å². The molecule has 2 rings (SSSR count). The molecule has 0 aliphatic carbocycles. The summed E-state index contributed by atoms with van der Waals surface area (Å²) in [6.45, 7) is 3.71. The SMILES string of the molecule is CCNCc1ccc(Sc2nccc(=O)[nH]2)cc1Cl. The molecule has 2 aromatic rings. The molecule has 19 heavy (non-hydrogen) atoms. The molecule has 0 fully saturated rings. The van der Waals surface area contributed by atoms with Gasteiger partial charge < -0.3 is 10.3 Å². The second-order valence-electron chi connectivity index (χ2n) is 3.87. The van der Waals surface area contributed by atoms with Gasteiger partial charge in [0.15, 0.2) is 5.16 Å². The molecule has 0 saturated heterocycles. The summed E-state index contributed by atoms with van der Waals surface area (Å²) in [6, 6.07) is 7.22. The number of nitrogens with one attached hydrogen (secondary N) is 2. The first-order chi connectivity index (χ1) is 9.19. The quantitative estimate of drug-likeness (QED) is 0.833. The first-order valence-electron chi connectivity index (χ1n) is 5.91. The van der Waals surface area contributed by atoms with Crippen LogP contribution in [0.4, 0.5) is 0 Å². The van der Waals surface area contributed by atoms with Gasteiger partial charge in [0.05, 0.1) is 0 Å². The van der Waals surface area contributed by atoms with Gasteiger partial charge in [0.25, 0.3) is 5.56 Å². The van der Waals surface area contributed by atoms with Gasteiger partial charge in [0, 0.05) is 28.7 Å². The number of benzene rings is 1. The molecule has 2 N–H and O–H groups in total. The van der Waals surface area contributed by atoms with Gasteiger partial charge in [-0.15, -0.1) is 0 Å². The molecule has 100 valence electrons. The zero-order chi connectivity index (χ0) is 13.7. The molecule has 6 heteroatoms. The number of nitrogens with zero attached hydrogens (tertiary/aromatic N) is 1. The summed E-state index contributed by atoms with van der Waals surface area (Å²) < 4.78 is 0. The Morgan fingerprint density at radius 3 is 2.95 bits per heavy atom. The van der Waals surface area contributed by atoms with E-state index in [0.717, 1.165) is 23.5 Å². The summed E-state index contributed by atoms with van der Waals surface area (Å²) >= 11 is 7.59. The first kappa shape index (κ1) is 14.1. The number of H-pyrrole nitrogens is 1. The number of halogens is 1. The average Bonchev–Trinajstić information content (AvgIpc) is 2.38. The van der Waals surface area contributed by atoms with E-state index >= 15 is 0 Å². The zero-order valence-corrected chi connectivity index (χ0v) is 12.0. The van der Waals surface area contributed by atoms with E-state index in [-0.39, 0.29) is 5.56 Å².